The molecule has 2 aromatic carbocycles. The maximum atomic E-state index is 12.8. The van der Waals surface area contributed by atoms with Crippen LogP contribution in [-0.2, 0) is 9.59 Å². The summed E-state index contributed by atoms with van der Waals surface area (Å²) in [6.45, 7) is 6.28. The number of hydrogen-bond donors (Lipinski definition) is 2. The summed E-state index contributed by atoms with van der Waals surface area (Å²) in [7, 11) is 0. The summed E-state index contributed by atoms with van der Waals surface area (Å²) in [4.78, 5) is 36.3. The summed E-state index contributed by atoms with van der Waals surface area (Å²) in [5.74, 6) is -2.98. The van der Waals surface area contributed by atoms with Gasteiger partial charge in [0.05, 0.1) is 22.4 Å². The fraction of sp³-hybridized carbons (Fsp3) is 0.333. The molecule has 0 saturated carbocycles. The topological polar surface area (TPSA) is 110 Å². The smallest absolute Gasteiger partial charge is 0.269 e. The van der Waals surface area contributed by atoms with Crippen LogP contribution in [0, 0.1) is 28.9 Å². The van der Waals surface area contributed by atoms with Crippen LogP contribution >= 0.6 is 0 Å². The number of nitrogens with one attached hydrogen (secondary N) is 1. The number of aryl methyl sites for hydroxylation is 1. The fourth-order valence-corrected chi connectivity index (χ4v) is 4.53. The van der Waals surface area contributed by atoms with Crippen molar-refractivity contribution in [2.45, 2.75) is 39.2 Å². The second-order valence-electron chi connectivity index (χ2n) is 8.37. The quantitative estimate of drug-likeness (QED) is 0.534. The van der Waals surface area contributed by atoms with Crippen LogP contribution in [0.5, 0.6) is 0 Å². The van der Waals surface area contributed by atoms with Crippen molar-refractivity contribution in [3.05, 3.63) is 81.5 Å². The van der Waals surface area contributed by atoms with E-state index >= 15 is 0 Å². The molecule has 0 amide bonds. The summed E-state index contributed by atoms with van der Waals surface area (Å²) in [6.07, 6.45) is 1.53. The standard InChI is InChI=1S/C24H26N2O5/c1-14-8-10-18(11-9-14)25-20-13-24(4,29)23(16(3)28)22(21(20)15(2)27)17-6-5-7-19(12-17)26(30)31/h5-13,21-23,25,29H,1-4H3/t21-,22+,23-,24-/m1/s1. The van der Waals surface area contributed by atoms with Gasteiger partial charge in [0.25, 0.3) is 5.69 Å². The Hall–Kier alpha value is -3.32. The monoisotopic (exact) mass is 422 g/mol. The molecule has 2 N–H and O–H groups in total. The SMILES string of the molecule is CC(=O)[C@@H]1C(Nc2ccc(C)cc2)=C[C@@](C)(O)[C@H](C(C)=O)[C@H]1c1cccc([N+](=O)[O-])c1. The lowest BCUT2D eigenvalue weighted by Crippen LogP contribution is -2.49. The number of nitrogens with zero attached hydrogens (tertiary/aromatic N) is 1. The molecule has 0 bridgehead atoms. The van der Waals surface area contributed by atoms with E-state index in [2.05, 4.69) is 5.32 Å². The van der Waals surface area contributed by atoms with Gasteiger partial charge < -0.3 is 10.4 Å². The van der Waals surface area contributed by atoms with Crippen molar-refractivity contribution >= 4 is 22.9 Å². The lowest BCUT2D eigenvalue weighted by Gasteiger charge is -2.44. The summed E-state index contributed by atoms with van der Waals surface area (Å²) in [5.41, 5.74) is 1.05. The predicted octanol–water partition coefficient (Wildman–Crippen LogP) is 4.16. The molecule has 162 valence electrons. The Morgan fingerprint density at radius 1 is 1.10 bits per heavy atom. The molecular formula is C24H26N2O5. The summed E-state index contributed by atoms with van der Waals surface area (Å²) in [5, 5.41) is 25.8. The van der Waals surface area contributed by atoms with Gasteiger partial charge in [-0.15, -0.1) is 0 Å². The number of hydrogen-bond acceptors (Lipinski definition) is 6. The molecule has 7 heteroatoms. The number of carbonyl (C=O) groups excluding carboxylic acids is 2. The minimum absolute atomic E-state index is 0.135. The van der Waals surface area contributed by atoms with E-state index in [0.29, 0.717) is 11.3 Å². The molecule has 0 saturated heterocycles. The van der Waals surface area contributed by atoms with E-state index < -0.39 is 28.3 Å². The summed E-state index contributed by atoms with van der Waals surface area (Å²) < 4.78 is 0. The predicted molar refractivity (Wildman–Crippen MR) is 118 cm³/mol. The first kappa shape index (κ1) is 22.4. The van der Waals surface area contributed by atoms with Gasteiger partial charge in [0.1, 0.15) is 11.6 Å². The Labute approximate surface area is 180 Å². The fourth-order valence-electron chi connectivity index (χ4n) is 4.53. The normalized spacial score (nSPS) is 25.5. The van der Waals surface area contributed by atoms with Gasteiger partial charge in [0, 0.05) is 29.4 Å². The van der Waals surface area contributed by atoms with E-state index in [1.807, 2.05) is 31.2 Å². The number of benzene rings is 2. The molecule has 0 unspecified atom stereocenters. The number of Topliss-reactive ketones (excluding diaryl/α,β-unsaturated/α-hetero) is 2. The molecule has 0 fully saturated rings. The average Bonchev–Trinajstić information content (AvgIpc) is 2.68. The maximum Gasteiger partial charge on any atom is 0.269 e. The van der Waals surface area contributed by atoms with Crippen LogP contribution in [0.15, 0.2) is 60.3 Å². The van der Waals surface area contributed by atoms with Crippen molar-refractivity contribution in [3.63, 3.8) is 0 Å². The van der Waals surface area contributed by atoms with Crippen LogP contribution in [-0.4, -0.2) is 27.2 Å². The molecule has 0 radical (unpaired) electrons. The van der Waals surface area contributed by atoms with Crippen molar-refractivity contribution in [1.82, 2.24) is 0 Å². The third-order valence-corrected chi connectivity index (χ3v) is 5.81. The molecule has 1 aliphatic carbocycles. The summed E-state index contributed by atoms with van der Waals surface area (Å²) >= 11 is 0. The largest absolute Gasteiger partial charge is 0.385 e. The number of rotatable bonds is 6. The lowest BCUT2D eigenvalue weighted by atomic mass is 9.62. The first-order valence-corrected chi connectivity index (χ1v) is 10.1. The van der Waals surface area contributed by atoms with E-state index in [-0.39, 0.29) is 17.3 Å². The van der Waals surface area contributed by atoms with Gasteiger partial charge in [-0.3, -0.25) is 19.7 Å². The first-order chi connectivity index (χ1) is 14.5. The molecular weight excluding hydrogens is 396 g/mol. The number of allylic oxidation sites excluding steroid dienone is 1. The van der Waals surface area contributed by atoms with Gasteiger partial charge in [-0.1, -0.05) is 29.8 Å². The molecule has 0 aromatic heterocycles. The van der Waals surface area contributed by atoms with Crippen LogP contribution in [0.1, 0.15) is 37.8 Å². The Balaban J connectivity index is 2.18. The molecule has 2 aromatic rings. The van der Waals surface area contributed by atoms with Crippen LogP contribution in [0.2, 0.25) is 0 Å². The van der Waals surface area contributed by atoms with Crippen LogP contribution in [0.25, 0.3) is 0 Å². The van der Waals surface area contributed by atoms with Gasteiger partial charge in [0.15, 0.2) is 0 Å². The molecule has 0 heterocycles. The molecule has 4 atom stereocenters. The van der Waals surface area contributed by atoms with Gasteiger partial charge in [-0.2, -0.15) is 0 Å². The molecule has 31 heavy (non-hydrogen) atoms. The van der Waals surface area contributed by atoms with Gasteiger partial charge in [0.2, 0.25) is 0 Å². The van der Waals surface area contributed by atoms with E-state index in [1.165, 1.54) is 45.0 Å². The Kier molecular flexibility index (Phi) is 6.08. The third-order valence-electron chi connectivity index (χ3n) is 5.81. The second-order valence-corrected chi connectivity index (χ2v) is 8.37. The highest BCUT2D eigenvalue weighted by Gasteiger charge is 2.50. The second kappa shape index (κ2) is 8.43. The molecule has 1 aliphatic rings. The number of ketones is 2. The number of nitro benzene ring substituents is 1. The zero-order valence-corrected chi connectivity index (χ0v) is 18.0. The third kappa shape index (κ3) is 4.56. The maximum absolute atomic E-state index is 12.8. The zero-order chi connectivity index (χ0) is 22.9. The van der Waals surface area contributed by atoms with Crippen LogP contribution in [0.4, 0.5) is 11.4 Å². The number of nitro groups is 1. The van der Waals surface area contributed by atoms with E-state index in [4.69, 9.17) is 0 Å². The highest BCUT2D eigenvalue weighted by molar-refractivity contribution is 5.88. The number of anilines is 1. The molecule has 0 spiro atoms. The number of non-ortho nitro benzene ring substituents is 1. The van der Waals surface area contributed by atoms with Crippen LogP contribution in [0.3, 0.4) is 0 Å². The van der Waals surface area contributed by atoms with Gasteiger partial charge in [-0.05, 0) is 51.5 Å². The molecule has 0 aliphatic heterocycles. The van der Waals surface area contributed by atoms with Crippen molar-refractivity contribution in [1.29, 1.82) is 0 Å². The minimum Gasteiger partial charge on any atom is -0.385 e. The first-order valence-electron chi connectivity index (χ1n) is 10.1. The van der Waals surface area contributed by atoms with Gasteiger partial charge in [-0.25, -0.2) is 0 Å². The summed E-state index contributed by atoms with van der Waals surface area (Å²) in [6, 6.07) is 13.5. The van der Waals surface area contributed by atoms with E-state index in [9.17, 15) is 24.8 Å². The highest BCUT2D eigenvalue weighted by atomic mass is 16.6. The van der Waals surface area contributed by atoms with E-state index in [0.717, 1.165) is 11.3 Å². The Bertz CT molecular complexity index is 1060. The molecule has 7 nitrogen and oxygen atoms in total. The zero-order valence-electron chi connectivity index (χ0n) is 18.0. The van der Waals surface area contributed by atoms with Crippen molar-refractivity contribution < 1.29 is 19.6 Å². The van der Waals surface area contributed by atoms with Crippen LogP contribution < -0.4 is 5.32 Å². The minimum atomic E-state index is -1.56. The Morgan fingerprint density at radius 2 is 1.74 bits per heavy atom. The van der Waals surface area contributed by atoms with Gasteiger partial charge >= 0.3 is 0 Å². The number of aliphatic hydroxyl groups is 1. The number of carbonyl (C=O) groups is 2. The van der Waals surface area contributed by atoms with Crippen molar-refractivity contribution in [2.24, 2.45) is 11.8 Å². The molecule has 3 rings (SSSR count). The van der Waals surface area contributed by atoms with E-state index in [1.54, 1.807) is 6.07 Å². The Morgan fingerprint density at radius 3 is 2.29 bits per heavy atom. The lowest BCUT2D eigenvalue weighted by molar-refractivity contribution is -0.385. The highest BCUT2D eigenvalue weighted by Crippen LogP contribution is 2.48. The average molecular weight is 422 g/mol. The van der Waals surface area contributed by atoms with Crippen molar-refractivity contribution in [3.8, 4) is 0 Å². The van der Waals surface area contributed by atoms with Crippen molar-refractivity contribution in [2.75, 3.05) is 5.32 Å².